The Kier molecular flexibility index (Phi) is 6.57. The molecular formula is C23H21FN2O2S. The molecule has 0 bridgehead atoms. The van der Waals surface area contributed by atoms with Crippen LogP contribution in [0.15, 0.2) is 72.8 Å². The SMILES string of the molecule is COc1ccc(NC(=S)NC(=O)C(C)c2ccc(-c3ccccc3)c(F)c2)cc1. The van der Waals surface area contributed by atoms with E-state index in [9.17, 15) is 9.18 Å². The van der Waals surface area contributed by atoms with Crippen LogP contribution in [0.2, 0.25) is 0 Å². The van der Waals surface area contributed by atoms with E-state index in [1.54, 1.807) is 50.4 Å². The summed E-state index contributed by atoms with van der Waals surface area (Å²) >= 11 is 5.20. The number of hydrogen-bond acceptors (Lipinski definition) is 3. The standard InChI is InChI=1S/C23H21FN2O2S/c1-15(17-8-13-20(21(24)14-17)16-6-4-3-5-7-16)22(27)26-23(29)25-18-9-11-19(28-2)12-10-18/h3-15H,1-2H3,(H2,25,26,27,29). The van der Waals surface area contributed by atoms with Crippen LogP contribution in [0.1, 0.15) is 18.4 Å². The van der Waals surface area contributed by atoms with Crippen LogP contribution in [-0.2, 0) is 4.79 Å². The van der Waals surface area contributed by atoms with Gasteiger partial charge in [-0.3, -0.25) is 4.79 Å². The highest BCUT2D eigenvalue weighted by Crippen LogP contribution is 2.26. The molecule has 0 aliphatic rings. The van der Waals surface area contributed by atoms with Gasteiger partial charge in [0.2, 0.25) is 5.91 Å². The summed E-state index contributed by atoms with van der Waals surface area (Å²) in [6, 6.07) is 21.3. The molecule has 3 aromatic rings. The summed E-state index contributed by atoms with van der Waals surface area (Å²) in [6.45, 7) is 1.71. The molecule has 3 rings (SSSR count). The topological polar surface area (TPSA) is 50.4 Å². The van der Waals surface area contributed by atoms with Crippen LogP contribution in [0.3, 0.4) is 0 Å². The number of hydrogen-bond donors (Lipinski definition) is 2. The van der Waals surface area contributed by atoms with Crippen molar-refractivity contribution in [3.8, 4) is 16.9 Å². The van der Waals surface area contributed by atoms with Gasteiger partial charge in [0, 0.05) is 11.3 Å². The van der Waals surface area contributed by atoms with Gasteiger partial charge in [-0.05, 0) is 60.6 Å². The zero-order valence-electron chi connectivity index (χ0n) is 16.1. The lowest BCUT2D eigenvalue weighted by molar-refractivity contribution is -0.120. The largest absolute Gasteiger partial charge is 0.497 e. The Morgan fingerprint density at radius 3 is 2.34 bits per heavy atom. The first-order valence-electron chi connectivity index (χ1n) is 9.08. The molecule has 0 aromatic heterocycles. The Morgan fingerprint density at radius 1 is 1.03 bits per heavy atom. The highest BCUT2D eigenvalue weighted by Gasteiger charge is 2.18. The molecule has 1 amide bonds. The fraction of sp³-hybridized carbons (Fsp3) is 0.130. The molecule has 3 aromatic carbocycles. The molecule has 2 N–H and O–H groups in total. The third-order valence-corrected chi connectivity index (χ3v) is 4.76. The molecule has 0 spiro atoms. The van der Waals surface area contributed by atoms with E-state index in [1.165, 1.54) is 6.07 Å². The van der Waals surface area contributed by atoms with Gasteiger partial charge in [-0.2, -0.15) is 0 Å². The normalized spacial score (nSPS) is 11.4. The van der Waals surface area contributed by atoms with E-state index in [2.05, 4.69) is 10.6 Å². The summed E-state index contributed by atoms with van der Waals surface area (Å²) in [6.07, 6.45) is 0. The van der Waals surface area contributed by atoms with Gasteiger partial charge in [-0.15, -0.1) is 0 Å². The fourth-order valence-electron chi connectivity index (χ4n) is 2.86. The zero-order valence-corrected chi connectivity index (χ0v) is 16.9. The van der Waals surface area contributed by atoms with Crippen molar-refractivity contribution < 1.29 is 13.9 Å². The van der Waals surface area contributed by atoms with Crippen LogP contribution in [0, 0.1) is 5.82 Å². The van der Waals surface area contributed by atoms with Crippen LogP contribution in [-0.4, -0.2) is 18.1 Å². The van der Waals surface area contributed by atoms with Gasteiger partial charge in [0.1, 0.15) is 11.6 Å². The van der Waals surface area contributed by atoms with Gasteiger partial charge < -0.3 is 15.4 Å². The molecule has 0 aliphatic carbocycles. The third kappa shape index (κ3) is 5.18. The number of anilines is 1. The number of amides is 1. The number of benzene rings is 3. The Morgan fingerprint density at radius 2 is 1.72 bits per heavy atom. The lowest BCUT2D eigenvalue weighted by Crippen LogP contribution is -2.36. The molecule has 0 radical (unpaired) electrons. The maximum atomic E-state index is 14.6. The van der Waals surface area contributed by atoms with E-state index < -0.39 is 5.92 Å². The van der Waals surface area contributed by atoms with Crippen LogP contribution in [0.25, 0.3) is 11.1 Å². The predicted molar refractivity (Wildman–Crippen MR) is 118 cm³/mol. The van der Waals surface area contributed by atoms with E-state index in [0.717, 1.165) is 17.0 Å². The first kappa shape index (κ1) is 20.5. The van der Waals surface area contributed by atoms with Crippen molar-refractivity contribution in [2.45, 2.75) is 12.8 Å². The fourth-order valence-corrected chi connectivity index (χ4v) is 3.08. The molecule has 4 nitrogen and oxygen atoms in total. The molecule has 29 heavy (non-hydrogen) atoms. The molecule has 148 valence electrons. The van der Waals surface area contributed by atoms with E-state index in [4.69, 9.17) is 17.0 Å². The molecule has 0 fully saturated rings. The van der Waals surface area contributed by atoms with Crippen LogP contribution < -0.4 is 15.4 Å². The van der Waals surface area contributed by atoms with Crippen molar-refractivity contribution in [3.05, 3.63) is 84.2 Å². The predicted octanol–water partition coefficient (Wildman–Crippen LogP) is 5.12. The van der Waals surface area contributed by atoms with Gasteiger partial charge in [-0.1, -0.05) is 42.5 Å². The number of thiocarbonyl (C=S) groups is 1. The molecule has 1 unspecified atom stereocenters. The number of rotatable bonds is 5. The number of nitrogens with one attached hydrogen (secondary N) is 2. The van der Waals surface area contributed by atoms with E-state index in [1.807, 2.05) is 30.3 Å². The van der Waals surface area contributed by atoms with Crippen molar-refractivity contribution in [2.24, 2.45) is 0 Å². The van der Waals surface area contributed by atoms with Gasteiger partial charge in [0.15, 0.2) is 5.11 Å². The summed E-state index contributed by atoms with van der Waals surface area (Å²) in [5, 5.41) is 5.77. The number of carbonyl (C=O) groups is 1. The lowest BCUT2D eigenvalue weighted by atomic mass is 9.96. The zero-order chi connectivity index (χ0) is 20.8. The molecule has 0 aliphatic heterocycles. The first-order chi connectivity index (χ1) is 14.0. The maximum absolute atomic E-state index is 14.6. The second kappa shape index (κ2) is 9.30. The lowest BCUT2D eigenvalue weighted by Gasteiger charge is -2.15. The molecule has 0 heterocycles. The molecular weight excluding hydrogens is 387 g/mol. The average Bonchev–Trinajstić information content (AvgIpc) is 2.74. The van der Waals surface area contributed by atoms with Crippen molar-refractivity contribution in [3.63, 3.8) is 0 Å². The molecule has 0 saturated carbocycles. The summed E-state index contributed by atoms with van der Waals surface area (Å²) in [5.74, 6) is -0.528. The first-order valence-corrected chi connectivity index (χ1v) is 9.49. The number of methoxy groups -OCH3 is 1. The minimum atomic E-state index is -0.565. The van der Waals surface area contributed by atoms with Crippen molar-refractivity contribution in [1.29, 1.82) is 0 Å². The second-order valence-electron chi connectivity index (χ2n) is 6.50. The highest BCUT2D eigenvalue weighted by molar-refractivity contribution is 7.80. The van der Waals surface area contributed by atoms with Crippen LogP contribution in [0.5, 0.6) is 5.75 Å². The Bertz CT molecular complexity index is 1010. The second-order valence-corrected chi connectivity index (χ2v) is 6.91. The summed E-state index contributed by atoms with van der Waals surface area (Å²) in [4.78, 5) is 12.5. The highest BCUT2D eigenvalue weighted by atomic mass is 32.1. The Hall–Kier alpha value is -3.25. The van der Waals surface area contributed by atoms with Gasteiger partial charge in [-0.25, -0.2) is 4.39 Å². The van der Waals surface area contributed by atoms with E-state index >= 15 is 0 Å². The molecule has 1 atom stereocenters. The van der Waals surface area contributed by atoms with Crippen molar-refractivity contribution in [1.82, 2.24) is 5.32 Å². The summed E-state index contributed by atoms with van der Waals surface area (Å²) < 4.78 is 19.7. The number of ether oxygens (including phenoxy) is 1. The Labute approximate surface area is 174 Å². The minimum absolute atomic E-state index is 0.174. The molecule has 0 saturated heterocycles. The van der Waals surface area contributed by atoms with Gasteiger partial charge in [0.05, 0.1) is 13.0 Å². The van der Waals surface area contributed by atoms with E-state index in [0.29, 0.717) is 11.1 Å². The number of halogens is 1. The van der Waals surface area contributed by atoms with Crippen molar-refractivity contribution >= 4 is 28.9 Å². The smallest absolute Gasteiger partial charge is 0.233 e. The van der Waals surface area contributed by atoms with Crippen LogP contribution >= 0.6 is 12.2 Å². The monoisotopic (exact) mass is 408 g/mol. The third-order valence-electron chi connectivity index (χ3n) is 4.56. The Balaban J connectivity index is 1.64. The van der Waals surface area contributed by atoms with E-state index in [-0.39, 0.29) is 16.8 Å². The van der Waals surface area contributed by atoms with Gasteiger partial charge >= 0.3 is 0 Å². The minimum Gasteiger partial charge on any atom is -0.497 e. The summed E-state index contributed by atoms with van der Waals surface area (Å²) in [7, 11) is 1.59. The molecule has 6 heteroatoms. The number of carbonyl (C=O) groups excluding carboxylic acids is 1. The summed E-state index contributed by atoms with van der Waals surface area (Å²) in [5.41, 5.74) is 2.59. The average molecular weight is 408 g/mol. The maximum Gasteiger partial charge on any atom is 0.233 e. The van der Waals surface area contributed by atoms with Crippen LogP contribution in [0.4, 0.5) is 10.1 Å². The van der Waals surface area contributed by atoms with Gasteiger partial charge in [0.25, 0.3) is 0 Å². The quantitative estimate of drug-likeness (QED) is 0.576. The van der Waals surface area contributed by atoms with Crippen molar-refractivity contribution in [2.75, 3.05) is 12.4 Å².